The third-order valence-electron chi connectivity index (χ3n) is 12.3. The van der Waals surface area contributed by atoms with Crippen LogP contribution in [0.2, 0.25) is 0 Å². The van der Waals surface area contributed by atoms with Crippen molar-refractivity contribution >= 4 is 5.97 Å². The van der Waals surface area contributed by atoms with E-state index in [0.29, 0.717) is 13.0 Å². The number of carbonyl (C=O) groups excluding carboxylic acids is 1. The van der Waals surface area contributed by atoms with E-state index in [1.807, 2.05) is 12.2 Å². The van der Waals surface area contributed by atoms with E-state index in [4.69, 9.17) is 18.9 Å². The summed E-state index contributed by atoms with van der Waals surface area (Å²) in [4.78, 5) is 12.8. The molecule has 6 atom stereocenters. The molecule has 0 aromatic rings. The minimum absolute atomic E-state index is 0.111. The molecular formula is C59H102O9. The van der Waals surface area contributed by atoms with Gasteiger partial charge < -0.3 is 39.4 Å². The molecule has 0 amide bonds. The van der Waals surface area contributed by atoms with Crippen LogP contribution in [0.25, 0.3) is 0 Å². The van der Waals surface area contributed by atoms with Gasteiger partial charge in [0.15, 0.2) is 6.29 Å². The SMILES string of the molecule is CC/C=C\C/C=C\C/C=C\C/C=C\C/C=C\C/C=C\CCC(=O)OC(COCCCCCCCCCCCCCCCC/C=C\CCCCCCCCCC)COC1OC(CO)C(O)C(O)C1O. The van der Waals surface area contributed by atoms with Crippen LogP contribution in [0.5, 0.6) is 0 Å². The van der Waals surface area contributed by atoms with E-state index in [9.17, 15) is 25.2 Å². The minimum atomic E-state index is -1.55. The number of esters is 1. The first-order valence-corrected chi connectivity index (χ1v) is 27.7. The molecule has 1 heterocycles. The molecule has 9 heteroatoms. The quantitative estimate of drug-likeness (QED) is 0.0267. The number of allylic oxidation sites excluding steroid dienone is 14. The molecule has 68 heavy (non-hydrogen) atoms. The Kier molecular flexibility index (Phi) is 46.0. The predicted molar refractivity (Wildman–Crippen MR) is 283 cm³/mol. The molecule has 0 aromatic heterocycles. The van der Waals surface area contributed by atoms with E-state index in [2.05, 4.69) is 86.8 Å². The Bertz CT molecular complexity index is 1320. The first-order chi connectivity index (χ1) is 33.4. The smallest absolute Gasteiger partial charge is 0.306 e. The van der Waals surface area contributed by atoms with E-state index in [-0.39, 0.29) is 19.6 Å². The van der Waals surface area contributed by atoms with Crippen LogP contribution in [-0.4, -0.2) is 89.6 Å². The van der Waals surface area contributed by atoms with Crippen molar-refractivity contribution in [2.24, 2.45) is 0 Å². The molecular weight excluding hydrogens is 853 g/mol. The van der Waals surface area contributed by atoms with Gasteiger partial charge in [-0.05, 0) is 77.0 Å². The number of hydrogen-bond donors (Lipinski definition) is 4. The van der Waals surface area contributed by atoms with Crippen molar-refractivity contribution in [3.63, 3.8) is 0 Å². The Morgan fingerprint density at radius 1 is 0.485 bits per heavy atom. The Labute approximate surface area is 416 Å². The third kappa shape index (κ3) is 39.1. The topological polar surface area (TPSA) is 135 Å². The number of ether oxygens (including phenoxy) is 4. The number of unbranched alkanes of at least 4 members (excludes halogenated alkanes) is 22. The largest absolute Gasteiger partial charge is 0.457 e. The summed E-state index contributed by atoms with van der Waals surface area (Å²) in [6, 6.07) is 0. The van der Waals surface area contributed by atoms with Crippen LogP contribution in [0.15, 0.2) is 85.1 Å². The van der Waals surface area contributed by atoms with Gasteiger partial charge in [-0.25, -0.2) is 0 Å². The van der Waals surface area contributed by atoms with Gasteiger partial charge >= 0.3 is 5.97 Å². The van der Waals surface area contributed by atoms with Gasteiger partial charge in [0.05, 0.1) is 19.8 Å². The molecule has 0 spiro atoms. The summed E-state index contributed by atoms with van der Waals surface area (Å²) in [5.74, 6) is -0.395. The Morgan fingerprint density at radius 3 is 1.35 bits per heavy atom. The normalized spacial score (nSPS) is 19.8. The van der Waals surface area contributed by atoms with Crippen molar-refractivity contribution < 1.29 is 44.2 Å². The lowest BCUT2D eigenvalue weighted by Gasteiger charge is -2.39. The minimum Gasteiger partial charge on any atom is -0.457 e. The van der Waals surface area contributed by atoms with Gasteiger partial charge in [0.2, 0.25) is 0 Å². The van der Waals surface area contributed by atoms with E-state index < -0.39 is 49.4 Å². The van der Waals surface area contributed by atoms with Gasteiger partial charge in [-0.15, -0.1) is 0 Å². The second-order valence-electron chi connectivity index (χ2n) is 18.6. The molecule has 0 radical (unpaired) electrons. The van der Waals surface area contributed by atoms with Crippen LogP contribution in [0.4, 0.5) is 0 Å². The maximum Gasteiger partial charge on any atom is 0.306 e. The summed E-state index contributed by atoms with van der Waals surface area (Å²) in [5, 5.41) is 40.3. The maximum atomic E-state index is 12.8. The standard InChI is InChI=1S/C59H102O9/c1-3-5-7-9-11-13-15-17-19-21-23-24-25-26-27-28-29-31-33-35-37-39-41-43-45-47-49-65-51-53(52-66-59-58(64)57(63)56(62)54(50-60)68-59)67-55(61)48-46-44-42-40-38-36-34-32-30-22-20-18-16-14-12-10-8-6-4-2/h6,8,12,14,18,20-21,23,30,32,36,38,42,44,53-54,56-60,62-64H,3-5,7,9-11,13,15-17,19,22,24-29,31,33-35,37,39-41,43,45-52H2,1-2H3/b8-6-,14-12-,20-18-,23-21-,32-30-,38-36-,44-42-. The van der Waals surface area contributed by atoms with Gasteiger partial charge in [0.1, 0.15) is 30.5 Å². The monoisotopic (exact) mass is 955 g/mol. The number of aliphatic hydroxyl groups is 4. The molecule has 392 valence electrons. The van der Waals surface area contributed by atoms with Gasteiger partial charge in [0.25, 0.3) is 0 Å². The van der Waals surface area contributed by atoms with Crippen LogP contribution in [-0.2, 0) is 23.7 Å². The first kappa shape index (κ1) is 63.4. The fourth-order valence-electron chi connectivity index (χ4n) is 8.04. The zero-order valence-corrected chi connectivity index (χ0v) is 43.3. The highest BCUT2D eigenvalue weighted by atomic mass is 16.7. The van der Waals surface area contributed by atoms with Crippen molar-refractivity contribution in [3.8, 4) is 0 Å². The Hall–Kier alpha value is -2.63. The van der Waals surface area contributed by atoms with Crippen LogP contribution in [0, 0.1) is 0 Å². The summed E-state index contributed by atoms with van der Waals surface area (Å²) >= 11 is 0. The van der Waals surface area contributed by atoms with Crippen molar-refractivity contribution in [2.45, 2.75) is 256 Å². The maximum absolute atomic E-state index is 12.8. The average molecular weight is 955 g/mol. The molecule has 0 aliphatic carbocycles. The summed E-state index contributed by atoms with van der Waals surface area (Å²) in [5.41, 5.74) is 0. The third-order valence-corrected chi connectivity index (χ3v) is 12.3. The fourth-order valence-corrected chi connectivity index (χ4v) is 8.04. The fraction of sp³-hybridized carbons (Fsp3) is 0.746. The zero-order chi connectivity index (χ0) is 49.2. The van der Waals surface area contributed by atoms with Crippen LogP contribution < -0.4 is 0 Å². The first-order valence-electron chi connectivity index (χ1n) is 27.7. The average Bonchev–Trinajstić information content (AvgIpc) is 3.34. The summed E-state index contributed by atoms with van der Waals surface area (Å²) in [6.07, 6.45) is 60.8. The highest BCUT2D eigenvalue weighted by Gasteiger charge is 2.44. The van der Waals surface area contributed by atoms with Gasteiger partial charge in [0, 0.05) is 13.0 Å². The van der Waals surface area contributed by atoms with Crippen LogP contribution in [0.1, 0.15) is 219 Å². The second kappa shape index (κ2) is 49.4. The summed E-state index contributed by atoms with van der Waals surface area (Å²) < 4.78 is 22.8. The molecule has 1 aliphatic heterocycles. The number of aliphatic hydroxyl groups excluding tert-OH is 4. The van der Waals surface area contributed by atoms with E-state index in [1.54, 1.807) is 0 Å². The number of rotatable bonds is 47. The van der Waals surface area contributed by atoms with Crippen molar-refractivity contribution in [2.75, 3.05) is 26.4 Å². The zero-order valence-electron chi connectivity index (χ0n) is 43.3. The summed E-state index contributed by atoms with van der Waals surface area (Å²) in [6.45, 7) is 4.37. The second-order valence-corrected chi connectivity index (χ2v) is 18.6. The molecule has 9 nitrogen and oxygen atoms in total. The van der Waals surface area contributed by atoms with Gasteiger partial charge in [-0.2, -0.15) is 0 Å². The number of carbonyl (C=O) groups is 1. The van der Waals surface area contributed by atoms with Crippen molar-refractivity contribution in [3.05, 3.63) is 85.1 Å². The highest BCUT2D eigenvalue weighted by Crippen LogP contribution is 2.23. The van der Waals surface area contributed by atoms with E-state index in [1.165, 1.54) is 141 Å². The van der Waals surface area contributed by atoms with E-state index >= 15 is 0 Å². The molecule has 4 N–H and O–H groups in total. The molecule has 6 unspecified atom stereocenters. The van der Waals surface area contributed by atoms with Gasteiger partial charge in [-0.3, -0.25) is 4.79 Å². The molecule has 0 bridgehead atoms. The highest BCUT2D eigenvalue weighted by molar-refractivity contribution is 5.69. The Balaban J connectivity index is 2.20. The molecule has 0 saturated carbocycles. The molecule has 0 aromatic carbocycles. The van der Waals surface area contributed by atoms with Crippen molar-refractivity contribution in [1.29, 1.82) is 0 Å². The van der Waals surface area contributed by atoms with Crippen molar-refractivity contribution in [1.82, 2.24) is 0 Å². The van der Waals surface area contributed by atoms with Gasteiger partial charge in [-0.1, -0.05) is 221 Å². The summed E-state index contributed by atoms with van der Waals surface area (Å²) in [7, 11) is 0. The number of hydrogen-bond acceptors (Lipinski definition) is 9. The lowest BCUT2D eigenvalue weighted by atomic mass is 9.99. The molecule has 1 fully saturated rings. The Morgan fingerprint density at radius 2 is 0.897 bits per heavy atom. The lowest BCUT2D eigenvalue weighted by molar-refractivity contribution is -0.305. The lowest BCUT2D eigenvalue weighted by Crippen LogP contribution is -2.59. The van der Waals surface area contributed by atoms with Crippen LogP contribution in [0.3, 0.4) is 0 Å². The predicted octanol–water partition coefficient (Wildman–Crippen LogP) is 14.1. The molecule has 1 rings (SSSR count). The van der Waals surface area contributed by atoms with E-state index in [0.717, 1.165) is 51.4 Å². The molecule has 1 aliphatic rings. The molecule has 1 saturated heterocycles. The van der Waals surface area contributed by atoms with Crippen LogP contribution >= 0.6 is 0 Å².